The van der Waals surface area contributed by atoms with Crippen molar-refractivity contribution in [2.24, 2.45) is 0 Å². The van der Waals surface area contributed by atoms with E-state index in [4.69, 9.17) is 0 Å². The van der Waals surface area contributed by atoms with Crippen molar-refractivity contribution in [1.29, 1.82) is 0 Å². The second-order valence-corrected chi connectivity index (χ2v) is 3.22. The van der Waals surface area contributed by atoms with Gasteiger partial charge < -0.3 is 0 Å². The highest BCUT2D eigenvalue weighted by molar-refractivity contribution is 5.17. The molecule has 0 fully saturated rings. The van der Waals surface area contributed by atoms with Crippen LogP contribution in [0.2, 0.25) is 0 Å². The van der Waals surface area contributed by atoms with E-state index in [2.05, 4.69) is 4.98 Å². The lowest BCUT2D eigenvalue weighted by molar-refractivity contribution is -0.143. The maximum absolute atomic E-state index is 12.7. The van der Waals surface area contributed by atoms with E-state index in [9.17, 15) is 17.6 Å². The molecule has 0 spiro atoms. The molecule has 78 valence electrons. The molecule has 5 heteroatoms. The summed E-state index contributed by atoms with van der Waals surface area (Å²) < 4.78 is 49.3. The van der Waals surface area contributed by atoms with Gasteiger partial charge in [0.2, 0.25) is 0 Å². The zero-order chi connectivity index (χ0) is 10.9. The highest BCUT2D eigenvalue weighted by Gasteiger charge is 2.36. The van der Waals surface area contributed by atoms with Crippen LogP contribution in [0.5, 0.6) is 0 Å². The van der Waals surface area contributed by atoms with Gasteiger partial charge >= 0.3 is 6.18 Å². The van der Waals surface area contributed by atoms with Gasteiger partial charge in [-0.1, -0.05) is 13.8 Å². The minimum Gasteiger partial charge on any atom is -0.245 e. The zero-order valence-corrected chi connectivity index (χ0v) is 7.69. The number of halogens is 4. The first-order valence-corrected chi connectivity index (χ1v) is 4.06. The Hall–Kier alpha value is -1.13. The molecule has 0 bridgehead atoms. The zero-order valence-electron chi connectivity index (χ0n) is 7.69. The average Bonchev–Trinajstić information content (AvgIpc) is 2.02. The topological polar surface area (TPSA) is 12.9 Å². The third-order valence-electron chi connectivity index (χ3n) is 1.73. The molecule has 0 atom stereocenters. The first-order valence-electron chi connectivity index (χ1n) is 4.06. The molecule has 0 saturated heterocycles. The number of hydrogen-bond donors (Lipinski definition) is 0. The van der Waals surface area contributed by atoms with Crippen LogP contribution in [-0.2, 0) is 6.18 Å². The summed E-state index contributed by atoms with van der Waals surface area (Å²) in [7, 11) is 0. The highest BCUT2D eigenvalue weighted by Crippen LogP contribution is 2.30. The second-order valence-electron chi connectivity index (χ2n) is 3.22. The quantitative estimate of drug-likeness (QED) is 0.643. The molecular formula is C9H9F4N. The summed E-state index contributed by atoms with van der Waals surface area (Å²) in [4.78, 5) is 3.24. The van der Waals surface area contributed by atoms with Gasteiger partial charge in [0.1, 0.15) is 0 Å². The number of nitrogens with zero attached hydrogens (tertiary/aromatic N) is 1. The fraction of sp³-hybridized carbons (Fsp3) is 0.444. The Morgan fingerprint density at radius 1 is 1.21 bits per heavy atom. The van der Waals surface area contributed by atoms with Gasteiger partial charge in [-0.15, -0.1) is 0 Å². The summed E-state index contributed by atoms with van der Waals surface area (Å²) in [5, 5.41) is 0. The number of pyridine rings is 1. The monoisotopic (exact) mass is 207 g/mol. The van der Waals surface area contributed by atoms with E-state index in [1.807, 2.05) is 0 Å². The van der Waals surface area contributed by atoms with E-state index in [0.717, 1.165) is 6.07 Å². The van der Waals surface area contributed by atoms with Crippen LogP contribution in [-0.4, -0.2) is 4.98 Å². The van der Waals surface area contributed by atoms with E-state index in [0.29, 0.717) is 0 Å². The van der Waals surface area contributed by atoms with Gasteiger partial charge in [-0.25, -0.2) is 9.37 Å². The van der Waals surface area contributed by atoms with Gasteiger partial charge in [-0.3, -0.25) is 0 Å². The number of rotatable bonds is 1. The molecule has 0 unspecified atom stereocenters. The Balaban J connectivity index is 3.22. The molecule has 0 radical (unpaired) electrons. The van der Waals surface area contributed by atoms with Crippen molar-refractivity contribution in [3.63, 3.8) is 0 Å². The first-order chi connectivity index (χ1) is 6.32. The molecule has 1 nitrogen and oxygen atoms in total. The van der Waals surface area contributed by atoms with Crippen LogP contribution in [0.15, 0.2) is 12.1 Å². The number of alkyl halides is 3. The fourth-order valence-electron chi connectivity index (χ4n) is 0.978. The average molecular weight is 207 g/mol. The maximum atomic E-state index is 12.7. The third kappa shape index (κ3) is 2.21. The van der Waals surface area contributed by atoms with Crippen molar-refractivity contribution in [3.05, 3.63) is 29.3 Å². The minimum atomic E-state index is -4.73. The summed E-state index contributed by atoms with van der Waals surface area (Å²) in [6.07, 6.45) is -4.73. The molecule has 0 aromatic carbocycles. The van der Waals surface area contributed by atoms with E-state index in [-0.39, 0.29) is 11.6 Å². The third-order valence-corrected chi connectivity index (χ3v) is 1.73. The van der Waals surface area contributed by atoms with Gasteiger partial charge in [-0.05, 0) is 18.1 Å². The van der Waals surface area contributed by atoms with Crippen LogP contribution in [0.3, 0.4) is 0 Å². The lowest BCUT2D eigenvalue weighted by atomic mass is 10.1. The van der Waals surface area contributed by atoms with Crippen molar-refractivity contribution >= 4 is 0 Å². The Bertz CT molecular complexity index is 330. The van der Waals surface area contributed by atoms with Crippen LogP contribution in [0, 0.1) is 5.82 Å². The van der Waals surface area contributed by atoms with Gasteiger partial charge in [0.25, 0.3) is 0 Å². The van der Waals surface area contributed by atoms with Crippen molar-refractivity contribution in [3.8, 4) is 0 Å². The van der Waals surface area contributed by atoms with E-state index >= 15 is 0 Å². The Morgan fingerprint density at radius 3 is 2.21 bits per heavy atom. The van der Waals surface area contributed by atoms with Crippen LogP contribution >= 0.6 is 0 Å². The molecule has 0 amide bonds. The van der Waals surface area contributed by atoms with Crippen molar-refractivity contribution in [1.82, 2.24) is 4.98 Å². The molecule has 1 heterocycles. The van der Waals surface area contributed by atoms with Gasteiger partial charge in [0.05, 0.1) is 0 Å². The first kappa shape index (κ1) is 10.9. The predicted octanol–water partition coefficient (Wildman–Crippen LogP) is 3.36. The molecule has 0 saturated carbocycles. The molecule has 0 aliphatic carbocycles. The van der Waals surface area contributed by atoms with E-state index in [1.165, 1.54) is 6.07 Å². The summed E-state index contributed by atoms with van der Waals surface area (Å²) in [5.74, 6) is -1.49. The van der Waals surface area contributed by atoms with Crippen molar-refractivity contribution in [2.75, 3.05) is 0 Å². The molecule has 14 heavy (non-hydrogen) atoms. The second kappa shape index (κ2) is 3.55. The summed E-state index contributed by atoms with van der Waals surface area (Å²) >= 11 is 0. The lowest BCUT2D eigenvalue weighted by Crippen LogP contribution is -2.12. The molecule has 1 aromatic heterocycles. The van der Waals surface area contributed by atoms with Gasteiger partial charge in [0, 0.05) is 5.69 Å². The highest BCUT2D eigenvalue weighted by atomic mass is 19.4. The normalized spacial score (nSPS) is 12.2. The molecule has 1 aromatic rings. The predicted molar refractivity (Wildman–Crippen MR) is 43.3 cm³/mol. The van der Waals surface area contributed by atoms with E-state index < -0.39 is 17.7 Å². The van der Waals surface area contributed by atoms with Gasteiger partial charge in [-0.2, -0.15) is 13.2 Å². The Morgan fingerprint density at radius 2 is 1.79 bits per heavy atom. The Kier molecular flexibility index (Phi) is 2.78. The van der Waals surface area contributed by atoms with Crippen LogP contribution < -0.4 is 0 Å². The molecule has 0 aliphatic rings. The summed E-state index contributed by atoms with van der Waals surface area (Å²) in [6, 6.07) is 2.06. The van der Waals surface area contributed by atoms with E-state index in [1.54, 1.807) is 13.8 Å². The standard InChI is InChI=1S/C9H9F4N/c1-5(2)7-4-3-6(10)8(14-7)9(11,12)13/h3-5H,1-2H3. The fourth-order valence-corrected chi connectivity index (χ4v) is 0.978. The van der Waals surface area contributed by atoms with Gasteiger partial charge in [0.15, 0.2) is 11.5 Å². The summed E-state index contributed by atoms with van der Waals surface area (Å²) in [6.45, 7) is 3.39. The number of aromatic nitrogens is 1. The lowest BCUT2D eigenvalue weighted by Gasteiger charge is -2.10. The SMILES string of the molecule is CC(C)c1ccc(F)c(C(F)(F)F)n1. The number of hydrogen-bond acceptors (Lipinski definition) is 1. The smallest absolute Gasteiger partial charge is 0.245 e. The largest absolute Gasteiger partial charge is 0.436 e. The van der Waals surface area contributed by atoms with Crippen molar-refractivity contribution < 1.29 is 17.6 Å². The molecular weight excluding hydrogens is 198 g/mol. The molecule has 0 N–H and O–H groups in total. The summed E-state index contributed by atoms with van der Waals surface area (Å²) in [5.41, 5.74) is -1.21. The Labute approximate surface area is 78.8 Å². The minimum absolute atomic E-state index is 0.156. The molecule has 0 aliphatic heterocycles. The molecule has 1 rings (SSSR count). The van der Waals surface area contributed by atoms with Crippen LogP contribution in [0.4, 0.5) is 17.6 Å². The van der Waals surface area contributed by atoms with Crippen molar-refractivity contribution in [2.45, 2.75) is 25.9 Å². The van der Waals surface area contributed by atoms with Crippen LogP contribution in [0.25, 0.3) is 0 Å². The van der Waals surface area contributed by atoms with Crippen LogP contribution in [0.1, 0.15) is 31.2 Å². The maximum Gasteiger partial charge on any atom is 0.436 e.